The number of amides is 1. The number of rotatable bonds is 4. The summed E-state index contributed by atoms with van der Waals surface area (Å²) in [6, 6.07) is 8.46. The maximum atomic E-state index is 14.8. The lowest BCUT2D eigenvalue weighted by Crippen LogP contribution is -2.36. The predicted octanol–water partition coefficient (Wildman–Crippen LogP) is 5.32. The van der Waals surface area contributed by atoms with E-state index in [0.29, 0.717) is 28.0 Å². The summed E-state index contributed by atoms with van der Waals surface area (Å²) in [5.74, 6) is -0.451. The summed E-state index contributed by atoms with van der Waals surface area (Å²) in [7, 11) is 0. The number of ether oxygens (including phenoxy) is 1. The molecule has 32 heavy (non-hydrogen) atoms. The van der Waals surface area contributed by atoms with Gasteiger partial charge >= 0.3 is 0 Å². The van der Waals surface area contributed by atoms with Crippen LogP contribution in [-0.4, -0.2) is 26.8 Å². The third-order valence-electron chi connectivity index (χ3n) is 4.87. The van der Waals surface area contributed by atoms with E-state index in [-0.39, 0.29) is 11.4 Å². The Morgan fingerprint density at radius 3 is 2.69 bits per heavy atom. The smallest absolute Gasteiger partial charge is 0.247 e. The lowest BCUT2D eigenvalue weighted by atomic mass is 10.0. The number of fused-ring (bicyclic) bond motifs is 3. The van der Waals surface area contributed by atoms with E-state index >= 15 is 0 Å². The molecule has 4 rings (SSSR count). The highest BCUT2D eigenvalue weighted by Gasteiger charge is 2.36. The Kier molecular flexibility index (Phi) is 6.10. The molecule has 0 radical (unpaired) electrons. The van der Waals surface area contributed by atoms with Gasteiger partial charge in [0.1, 0.15) is 11.6 Å². The first-order valence-corrected chi connectivity index (χ1v) is 11.1. The van der Waals surface area contributed by atoms with Crippen molar-refractivity contribution in [3.63, 3.8) is 0 Å². The van der Waals surface area contributed by atoms with Crippen LogP contribution in [0.15, 0.2) is 41.6 Å². The Hall–Kier alpha value is -3.07. The first kappa shape index (κ1) is 22.1. The van der Waals surface area contributed by atoms with Gasteiger partial charge in [-0.25, -0.2) is 8.78 Å². The number of thioether (sulfide) groups is 1. The van der Waals surface area contributed by atoms with Crippen molar-refractivity contribution < 1.29 is 18.3 Å². The molecular formula is C23H22F2N4O2S. The highest BCUT2D eigenvalue weighted by Crippen LogP contribution is 2.44. The summed E-state index contributed by atoms with van der Waals surface area (Å²) in [4.78, 5) is 18.5. The molecule has 0 saturated heterocycles. The first-order chi connectivity index (χ1) is 15.2. The molecule has 1 amide bonds. The fourth-order valence-corrected chi connectivity index (χ4v) is 4.16. The molecule has 6 nitrogen and oxygen atoms in total. The predicted molar refractivity (Wildman–Crippen MR) is 118 cm³/mol. The quantitative estimate of drug-likeness (QED) is 0.495. The summed E-state index contributed by atoms with van der Waals surface area (Å²) < 4.78 is 34.9. The van der Waals surface area contributed by atoms with Crippen LogP contribution in [0.4, 0.5) is 14.5 Å². The van der Waals surface area contributed by atoms with Crippen LogP contribution in [0, 0.1) is 24.5 Å². The highest BCUT2D eigenvalue weighted by molar-refractivity contribution is 7.99. The maximum Gasteiger partial charge on any atom is 0.247 e. The SMILES string of the molecule is CC(=O)N1c2ccc(C)cc2-c2nnc(SCC(C)C)nc2OC1c1cc(F)ccc1F. The minimum Gasteiger partial charge on any atom is -0.447 e. The van der Waals surface area contributed by atoms with Crippen molar-refractivity contribution in [3.05, 3.63) is 59.2 Å². The van der Waals surface area contributed by atoms with E-state index in [1.54, 1.807) is 6.07 Å². The number of aromatic nitrogens is 3. The molecule has 0 spiro atoms. The second-order valence-electron chi connectivity index (χ2n) is 8.00. The van der Waals surface area contributed by atoms with Crippen molar-refractivity contribution in [2.75, 3.05) is 10.7 Å². The van der Waals surface area contributed by atoms with Crippen molar-refractivity contribution in [2.24, 2.45) is 5.92 Å². The van der Waals surface area contributed by atoms with Crippen molar-refractivity contribution in [1.82, 2.24) is 15.2 Å². The van der Waals surface area contributed by atoms with Gasteiger partial charge in [-0.05, 0) is 43.2 Å². The molecule has 2 aromatic carbocycles. The van der Waals surface area contributed by atoms with Crippen molar-refractivity contribution in [2.45, 2.75) is 39.1 Å². The van der Waals surface area contributed by atoms with Crippen LogP contribution in [0.3, 0.4) is 0 Å². The van der Waals surface area contributed by atoms with Gasteiger partial charge in [0.2, 0.25) is 23.2 Å². The average molecular weight is 457 g/mol. The number of aryl methyl sites for hydroxylation is 1. The van der Waals surface area contributed by atoms with E-state index in [0.717, 1.165) is 29.5 Å². The van der Waals surface area contributed by atoms with Gasteiger partial charge in [-0.1, -0.05) is 37.2 Å². The lowest BCUT2D eigenvalue weighted by Gasteiger charge is -2.30. The Labute approximate surface area is 189 Å². The number of hydrogen-bond donors (Lipinski definition) is 0. The van der Waals surface area contributed by atoms with Gasteiger partial charge in [-0.3, -0.25) is 9.69 Å². The number of anilines is 1. The third-order valence-corrected chi connectivity index (χ3v) is 6.13. The molecule has 1 atom stereocenters. The molecule has 0 aliphatic carbocycles. The topological polar surface area (TPSA) is 68.2 Å². The first-order valence-electron chi connectivity index (χ1n) is 10.1. The van der Waals surface area contributed by atoms with Gasteiger partial charge in [0, 0.05) is 18.2 Å². The Balaban J connectivity index is 1.93. The number of nitrogens with zero attached hydrogens (tertiary/aromatic N) is 4. The van der Waals surface area contributed by atoms with Crippen molar-refractivity contribution in [1.29, 1.82) is 0 Å². The summed E-state index contributed by atoms with van der Waals surface area (Å²) in [6.07, 6.45) is -1.27. The van der Waals surface area contributed by atoms with Crippen LogP contribution >= 0.6 is 11.8 Å². The zero-order chi connectivity index (χ0) is 23.0. The van der Waals surface area contributed by atoms with Gasteiger partial charge in [0.25, 0.3) is 0 Å². The molecule has 3 aromatic rings. The van der Waals surface area contributed by atoms with E-state index < -0.39 is 23.8 Å². The van der Waals surface area contributed by atoms with Crippen molar-refractivity contribution >= 4 is 23.4 Å². The average Bonchev–Trinajstić information content (AvgIpc) is 2.88. The normalized spacial score (nSPS) is 15.1. The summed E-state index contributed by atoms with van der Waals surface area (Å²) in [6.45, 7) is 7.40. The summed E-state index contributed by atoms with van der Waals surface area (Å²) in [5.41, 5.74) is 2.18. The molecule has 1 unspecified atom stereocenters. The van der Waals surface area contributed by atoms with Crippen LogP contribution in [0.25, 0.3) is 11.3 Å². The van der Waals surface area contributed by atoms with E-state index in [9.17, 15) is 13.6 Å². The second-order valence-corrected chi connectivity index (χ2v) is 8.99. The van der Waals surface area contributed by atoms with Gasteiger partial charge in [0.05, 0.1) is 11.3 Å². The van der Waals surface area contributed by atoms with E-state index in [2.05, 4.69) is 29.0 Å². The van der Waals surface area contributed by atoms with E-state index in [4.69, 9.17) is 4.74 Å². The molecule has 2 heterocycles. The van der Waals surface area contributed by atoms with Crippen LogP contribution in [0.1, 0.15) is 38.1 Å². The number of carbonyl (C=O) groups is 1. The van der Waals surface area contributed by atoms with Crippen LogP contribution in [-0.2, 0) is 4.79 Å². The molecule has 0 saturated carbocycles. The number of benzene rings is 2. The highest BCUT2D eigenvalue weighted by atomic mass is 32.2. The molecule has 1 aliphatic heterocycles. The van der Waals surface area contributed by atoms with Crippen LogP contribution in [0.2, 0.25) is 0 Å². The van der Waals surface area contributed by atoms with Crippen molar-refractivity contribution in [3.8, 4) is 17.1 Å². The number of hydrogen-bond acceptors (Lipinski definition) is 6. The lowest BCUT2D eigenvalue weighted by molar-refractivity contribution is -0.118. The molecule has 1 aromatic heterocycles. The van der Waals surface area contributed by atoms with Crippen LogP contribution < -0.4 is 9.64 Å². The third kappa shape index (κ3) is 4.29. The molecule has 9 heteroatoms. The second kappa shape index (κ2) is 8.82. The van der Waals surface area contributed by atoms with Gasteiger partial charge in [0.15, 0.2) is 5.69 Å². The van der Waals surface area contributed by atoms with E-state index in [1.807, 2.05) is 19.1 Å². The van der Waals surface area contributed by atoms with Gasteiger partial charge < -0.3 is 4.74 Å². The Morgan fingerprint density at radius 2 is 1.97 bits per heavy atom. The molecule has 0 fully saturated rings. The fraction of sp³-hybridized carbons (Fsp3) is 0.304. The fourth-order valence-electron chi connectivity index (χ4n) is 3.43. The molecule has 1 aliphatic rings. The monoisotopic (exact) mass is 456 g/mol. The molecular weight excluding hydrogens is 434 g/mol. The molecule has 0 N–H and O–H groups in total. The molecule has 0 bridgehead atoms. The van der Waals surface area contributed by atoms with Gasteiger partial charge in [-0.2, -0.15) is 4.98 Å². The number of halogens is 2. The summed E-state index contributed by atoms with van der Waals surface area (Å²) in [5, 5.41) is 8.96. The molecule has 166 valence electrons. The largest absolute Gasteiger partial charge is 0.447 e. The Bertz CT molecular complexity index is 1190. The minimum absolute atomic E-state index is 0.107. The number of carbonyl (C=O) groups excluding carboxylic acids is 1. The minimum atomic E-state index is -1.27. The van der Waals surface area contributed by atoms with Gasteiger partial charge in [-0.15, -0.1) is 10.2 Å². The summed E-state index contributed by atoms with van der Waals surface area (Å²) >= 11 is 1.42. The van der Waals surface area contributed by atoms with Crippen LogP contribution in [0.5, 0.6) is 5.88 Å². The van der Waals surface area contributed by atoms with E-state index in [1.165, 1.54) is 23.6 Å². The standard InChI is InChI=1S/C23H22F2N4O2S/c1-12(2)11-32-23-26-21-20(27-28-23)17-9-13(3)5-8-19(17)29(14(4)30)22(31-21)16-10-15(24)6-7-18(16)25/h5-10,12,22H,11H2,1-4H3. The zero-order valence-corrected chi connectivity index (χ0v) is 18.9. The maximum absolute atomic E-state index is 14.8. The zero-order valence-electron chi connectivity index (χ0n) is 18.1. The Morgan fingerprint density at radius 1 is 1.19 bits per heavy atom.